The smallest absolute Gasteiger partial charge is 0.115 e. The molecule has 6 heteroatoms. The zero-order valence-electron chi connectivity index (χ0n) is 12.3. The Labute approximate surface area is 139 Å². The molecule has 112 valence electrons. The second kappa shape index (κ2) is 7.24. The Morgan fingerprint density at radius 3 is 2.86 bits per heavy atom. The molecule has 3 N–H and O–H groups in total. The second-order valence-electron chi connectivity index (χ2n) is 4.67. The molecule has 1 aromatic carbocycles. The number of nitrogens with two attached hydrogens (primary N) is 1. The van der Waals surface area contributed by atoms with Crippen LogP contribution >= 0.6 is 35.3 Å². The number of benzene rings is 1. The van der Waals surface area contributed by atoms with Crippen molar-refractivity contribution in [2.24, 2.45) is 5.73 Å². The third kappa shape index (κ3) is 3.96. The summed E-state index contributed by atoms with van der Waals surface area (Å²) in [5.41, 5.74) is 8.88. The highest BCUT2D eigenvalue weighted by molar-refractivity contribution is 7.99. The van der Waals surface area contributed by atoms with E-state index in [1.165, 1.54) is 0 Å². The van der Waals surface area contributed by atoms with Gasteiger partial charge in [-0.25, -0.2) is 4.98 Å². The summed E-state index contributed by atoms with van der Waals surface area (Å²) < 4.78 is 0. The van der Waals surface area contributed by atoms with Gasteiger partial charge in [0, 0.05) is 27.2 Å². The van der Waals surface area contributed by atoms with Crippen molar-refractivity contribution in [3.63, 3.8) is 0 Å². The fourth-order valence-electron chi connectivity index (χ4n) is 2.05. The minimum Gasteiger partial charge on any atom is -0.389 e. The molecule has 0 aliphatic heterocycles. The maximum Gasteiger partial charge on any atom is 0.115 e. The minimum absolute atomic E-state index is 0.124. The fraction of sp³-hybridized carbons (Fsp3) is 0.333. The van der Waals surface area contributed by atoms with E-state index in [1.54, 1.807) is 23.1 Å². The number of nitrogens with one attached hydrogen (secondary N) is 1. The van der Waals surface area contributed by atoms with Crippen LogP contribution in [0.2, 0.25) is 0 Å². The van der Waals surface area contributed by atoms with Crippen molar-refractivity contribution in [2.45, 2.75) is 31.7 Å². The van der Waals surface area contributed by atoms with Crippen LogP contribution in [0.5, 0.6) is 0 Å². The second-order valence-corrected chi connectivity index (χ2v) is 7.30. The van der Waals surface area contributed by atoms with Gasteiger partial charge in [0.05, 0.1) is 6.04 Å². The summed E-state index contributed by atoms with van der Waals surface area (Å²) in [6.45, 7) is 6.22. The quantitative estimate of drug-likeness (QED) is 0.605. The lowest BCUT2D eigenvalue weighted by Gasteiger charge is -2.18. The van der Waals surface area contributed by atoms with Gasteiger partial charge in [-0.2, -0.15) is 0 Å². The zero-order valence-corrected chi connectivity index (χ0v) is 14.8. The van der Waals surface area contributed by atoms with Gasteiger partial charge in [0.1, 0.15) is 10.00 Å². The molecule has 1 aromatic heterocycles. The van der Waals surface area contributed by atoms with Gasteiger partial charge in [-0.05, 0) is 31.7 Å². The Kier molecular flexibility index (Phi) is 5.61. The summed E-state index contributed by atoms with van der Waals surface area (Å²) in [7, 11) is 0. The Hall–Kier alpha value is -1.11. The lowest BCUT2D eigenvalue weighted by atomic mass is 10.1. The first-order valence-corrected chi connectivity index (χ1v) is 9.04. The molecule has 0 aliphatic rings. The van der Waals surface area contributed by atoms with Crippen molar-refractivity contribution in [3.8, 4) is 0 Å². The monoisotopic (exact) mass is 337 g/mol. The molecule has 0 fully saturated rings. The van der Waals surface area contributed by atoms with E-state index in [4.69, 9.17) is 18.0 Å². The van der Waals surface area contributed by atoms with E-state index in [0.29, 0.717) is 4.99 Å². The van der Waals surface area contributed by atoms with Crippen LogP contribution < -0.4 is 11.1 Å². The molecule has 2 aromatic rings. The molecule has 21 heavy (non-hydrogen) atoms. The normalized spacial score (nSPS) is 12.1. The number of rotatable bonds is 6. The van der Waals surface area contributed by atoms with Crippen LogP contribution in [0.3, 0.4) is 0 Å². The van der Waals surface area contributed by atoms with Crippen molar-refractivity contribution >= 4 is 46.0 Å². The molecule has 0 saturated carbocycles. The van der Waals surface area contributed by atoms with E-state index >= 15 is 0 Å². The standard InChI is InChI=1S/C15H19N3S3/c1-4-20-12-7-5-6-11(13(12)14(16)19)18-10(3)15-17-9(2)8-21-15/h5-8,10,18H,4H2,1-3H3,(H2,16,19). The van der Waals surface area contributed by atoms with E-state index in [0.717, 1.165) is 32.6 Å². The number of thioether (sulfide) groups is 1. The number of hydrogen-bond donors (Lipinski definition) is 2. The maximum atomic E-state index is 5.93. The summed E-state index contributed by atoms with van der Waals surface area (Å²) in [4.78, 5) is 6.08. The van der Waals surface area contributed by atoms with Gasteiger partial charge in [0.15, 0.2) is 0 Å². The maximum absolute atomic E-state index is 5.93. The molecule has 0 saturated heterocycles. The van der Waals surface area contributed by atoms with Crippen molar-refractivity contribution in [3.05, 3.63) is 39.8 Å². The number of nitrogens with zero attached hydrogens (tertiary/aromatic N) is 1. The van der Waals surface area contributed by atoms with Crippen LogP contribution in [0.25, 0.3) is 0 Å². The van der Waals surface area contributed by atoms with E-state index < -0.39 is 0 Å². The predicted molar refractivity (Wildman–Crippen MR) is 97.6 cm³/mol. The first-order valence-electron chi connectivity index (χ1n) is 6.77. The van der Waals surface area contributed by atoms with Crippen LogP contribution in [-0.2, 0) is 0 Å². The summed E-state index contributed by atoms with van der Waals surface area (Å²) in [6.07, 6.45) is 0. The minimum atomic E-state index is 0.124. The topological polar surface area (TPSA) is 50.9 Å². The van der Waals surface area contributed by atoms with Gasteiger partial charge in [0.2, 0.25) is 0 Å². The lowest BCUT2D eigenvalue weighted by Crippen LogP contribution is -2.16. The molecular weight excluding hydrogens is 318 g/mol. The molecule has 1 atom stereocenters. The van der Waals surface area contributed by atoms with Gasteiger partial charge >= 0.3 is 0 Å². The van der Waals surface area contributed by atoms with Crippen LogP contribution in [0.1, 0.15) is 36.2 Å². The summed E-state index contributed by atoms with van der Waals surface area (Å²) in [6, 6.07) is 6.23. The van der Waals surface area contributed by atoms with Crippen LogP contribution in [0.4, 0.5) is 5.69 Å². The number of hydrogen-bond acceptors (Lipinski definition) is 5. The number of anilines is 1. The molecule has 0 amide bonds. The Morgan fingerprint density at radius 2 is 2.29 bits per heavy atom. The van der Waals surface area contributed by atoms with Gasteiger partial charge in [-0.3, -0.25) is 0 Å². The summed E-state index contributed by atoms with van der Waals surface area (Å²) in [5, 5.41) is 6.61. The van der Waals surface area contributed by atoms with Gasteiger partial charge in [-0.1, -0.05) is 25.2 Å². The van der Waals surface area contributed by atoms with E-state index in [2.05, 4.69) is 35.6 Å². The number of thiazole rings is 1. The van der Waals surface area contributed by atoms with Crippen LogP contribution in [-0.4, -0.2) is 15.7 Å². The first kappa shape index (κ1) is 16.3. The van der Waals surface area contributed by atoms with Crippen LogP contribution in [0.15, 0.2) is 28.5 Å². The molecular formula is C15H19N3S3. The van der Waals surface area contributed by atoms with E-state index in [1.807, 2.05) is 19.1 Å². The Balaban J connectivity index is 2.30. The van der Waals surface area contributed by atoms with Crippen molar-refractivity contribution < 1.29 is 0 Å². The average Bonchev–Trinajstić information content (AvgIpc) is 2.86. The molecule has 0 aliphatic carbocycles. The lowest BCUT2D eigenvalue weighted by molar-refractivity contribution is 0.863. The molecule has 0 spiro atoms. The predicted octanol–water partition coefficient (Wildman–Crippen LogP) is 4.37. The van der Waals surface area contributed by atoms with Gasteiger partial charge in [0.25, 0.3) is 0 Å². The largest absolute Gasteiger partial charge is 0.389 e. The zero-order chi connectivity index (χ0) is 15.4. The van der Waals surface area contributed by atoms with E-state index in [9.17, 15) is 0 Å². The Morgan fingerprint density at radius 1 is 1.52 bits per heavy atom. The van der Waals surface area contributed by atoms with Gasteiger partial charge in [-0.15, -0.1) is 23.1 Å². The van der Waals surface area contributed by atoms with Crippen LogP contribution in [0, 0.1) is 6.92 Å². The van der Waals surface area contributed by atoms with E-state index in [-0.39, 0.29) is 6.04 Å². The molecule has 2 rings (SSSR count). The summed E-state index contributed by atoms with van der Waals surface area (Å²) in [5.74, 6) is 0.986. The molecule has 0 bridgehead atoms. The van der Waals surface area contributed by atoms with Crippen molar-refractivity contribution in [2.75, 3.05) is 11.1 Å². The third-order valence-corrected chi connectivity index (χ3v) is 5.24. The van der Waals surface area contributed by atoms with Crippen molar-refractivity contribution in [1.82, 2.24) is 4.98 Å². The number of thiocarbonyl (C=S) groups is 1. The van der Waals surface area contributed by atoms with Crippen molar-refractivity contribution in [1.29, 1.82) is 0 Å². The highest BCUT2D eigenvalue weighted by Gasteiger charge is 2.15. The molecule has 0 radical (unpaired) electrons. The number of aromatic nitrogens is 1. The summed E-state index contributed by atoms with van der Waals surface area (Å²) >= 11 is 8.65. The fourth-order valence-corrected chi connectivity index (χ4v) is 3.99. The molecule has 3 nitrogen and oxygen atoms in total. The first-order chi connectivity index (χ1) is 10.0. The molecule has 1 heterocycles. The highest BCUT2D eigenvalue weighted by atomic mass is 32.2. The third-order valence-electron chi connectivity index (χ3n) is 2.95. The number of aryl methyl sites for hydroxylation is 1. The SMILES string of the molecule is CCSc1cccc(NC(C)c2nc(C)cs2)c1C(N)=S. The average molecular weight is 338 g/mol. The highest BCUT2D eigenvalue weighted by Crippen LogP contribution is 2.31. The van der Waals surface area contributed by atoms with Gasteiger partial charge < -0.3 is 11.1 Å². The Bertz CT molecular complexity index is 637. The molecule has 1 unspecified atom stereocenters.